The van der Waals surface area contributed by atoms with Gasteiger partial charge in [-0.2, -0.15) is 0 Å². The number of nitrogens with zero attached hydrogens (tertiary/aromatic N) is 2. The molecule has 2 aromatic heterocycles. The van der Waals surface area contributed by atoms with E-state index in [-0.39, 0.29) is 5.69 Å². The van der Waals surface area contributed by atoms with Crippen molar-refractivity contribution in [2.24, 2.45) is 0 Å². The van der Waals surface area contributed by atoms with Crippen LogP contribution in [0.25, 0.3) is 22.6 Å². The Morgan fingerprint density at radius 2 is 1.76 bits per heavy atom. The summed E-state index contributed by atoms with van der Waals surface area (Å²) in [6.07, 6.45) is 5.09. The van der Waals surface area contributed by atoms with E-state index in [1.807, 2.05) is 6.07 Å². The van der Waals surface area contributed by atoms with E-state index in [0.717, 1.165) is 29.0 Å². The third-order valence-corrected chi connectivity index (χ3v) is 5.86. The predicted molar refractivity (Wildman–Crippen MR) is 107 cm³/mol. The van der Waals surface area contributed by atoms with Crippen LogP contribution in [0.2, 0.25) is 5.02 Å². The molecule has 0 atom stereocenters. The van der Waals surface area contributed by atoms with Crippen molar-refractivity contribution in [2.45, 2.75) is 4.90 Å². The normalized spacial score (nSPS) is 11.4. The summed E-state index contributed by atoms with van der Waals surface area (Å²) in [6.45, 7) is 0. The fraction of sp³-hybridized carbons (Fsp3) is 0. The van der Waals surface area contributed by atoms with Gasteiger partial charge in [-0.25, -0.2) is 17.8 Å². The van der Waals surface area contributed by atoms with Crippen LogP contribution in [0.15, 0.2) is 82.7 Å². The van der Waals surface area contributed by atoms with Crippen LogP contribution in [0.1, 0.15) is 0 Å². The Morgan fingerprint density at radius 3 is 2.45 bits per heavy atom. The molecular formula is C20H13ClFN3O3S. The average Bonchev–Trinajstić information content (AvgIpc) is 3.24. The van der Waals surface area contributed by atoms with Crippen molar-refractivity contribution < 1.29 is 17.2 Å². The average molecular weight is 430 g/mol. The van der Waals surface area contributed by atoms with Crippen LogP contribution >= 0.6 is 11.6 Å². The van der Waals surface area contributed by atoms with E-state index < -0.39 is 20.7 Å². The Kier molecular flexibility index (Phi) is 5.04. The first kappa shape index (κ1) is 19.1. The maximum atomic E-state index is 13.8. The third-order valence-electron chi connectivity index (χ3n) is 4.12. The molecule has 4 aromatic rings. The second-order valence-corrected chi connectivity index (χ2v) is 8.08. The largest absolute Gasteiger partial charge is 0.445 e. The van der Waals surface area contributed by atoms with Gasteiger partial charge >= 0.3 is 0 Å². The van der Waals surface area contributed by atoms with E-state index in [9.17, 15) is 12.8 Å². The number of pyridine rings is 1. The highest BCUT2D eigenvalue weighted by molar-refractivity contribution is 7.92. The molecular weight excluding hydrogens is 417 g/mol. The standard InChI is InChI=1S/C20H13ClFN3O3S/c21-17-6-3-14(20-24-9-10-28-20)11-16(17)13-1-4-15(5-2-13)25-29(26,27)19-7-8-23-12-18(19)22/h1-12,25H. The van der Waals surface area contributed by atoms with Crippen molar-refractivity contribution in [1.29, 1.82) is 0 Å². The highest BCUT2D eigenvalue weighted by atomic mass is 35.5. The summed E-state index contributed by atoms with van der Waals surface area (Å²) in [5.74, 6) is -0.460. The monoisotopic (exact) mass is 429 g/mol. The van der Waals surface area contributed by atoms with Gasteiger partial charge in [0.1, 0.15) is 11.2 Å². The number of hydrogen-bond donors (Lipinski definition) is 1. The molecule has 0 spiro atoms. The van der Waals surface area contributed by atoms with E-state index in [2.05, 4.69) is 14.7 Å². The van der Waals surface area contributed by atoms with Gasteiger partial charge in [-0.15, -0.1) is 0 Å². The molecule has 146 valence electrons. The van der Waals surface area contributed by atoms with Crippen molar-refractivity contribution in [3.05, 3.63) is 84.2 Å². The molecule has 0 saturated heterocycles. The van der Waals surface area contributed by atoms with Gasteiger partial charge in [-0.05, 0) is 42.0 Å². The summed E-state index contributed by atoms with van der Waals surface area (Å²) in [5, 5.41) is 0.521. The summed E-state index contributed by atoms with van der Waals surface area (Å²) < 4.78 is 46.2. The lowest BCUT2D eigenvalue weighted by Crippen LogP contribution is -2.14. The van der Waals surface area contributed by atoms with Gasteiger partial charge in [-0.1, -0.05) is 23.7 Å². The summed E-state index contributed by atoms with van der Waals surface area (Å²) in [5.41, 5.74) is 2.54. The first-order valence-corrected chi connectivity index (χ1v) is 10.2. The van der Waals surface area contributed by atoms with Crippen molar-refractivity contribution in [2.75, 3.05) is 4.72 Å². The number of aromatic nitrogens is 2. The van der Waals surface area contributed by atoms with Crippen LogP contribution in [0.3, 0.4) is 0 Å². The second-order valence-electron chi connectivity index (χ2n) is 6.02. The number of halogens is 2. The Bertz CT molecular complexity index is 1260. The zero-order chi connectivity index (χ0) is 20.4. The summed E-state index contributed by atoms with van der Waals surface area (Å²) >= 11 is 6.33. The number of benzene rings is 2. The molecule has 2 heterocycles. The van der Waals surface area contributed by atoms with Gasteiger partial charge in [0, 0.05) is 28.0 Å². The maximum absolute atomic E-state index is 13.8. The Morgan fingerprint density at radius 1 is 1.00 bits per heavy atom. The zero-order valence-electron chi connectivity index (χ0n) is 14.7. The lowest BCUT2D eigenvalue weighted by molar-refractivity contribution is 0.566. The van der Waals surface area contributed by atoms with Crippen molar-refractivity contribution in [3.63, 3.8) is 0 Å². The van der Waals surface area contributed by atoms with E-state index >= 15 is 0 Å². The Hall–Kier alpha value is -3.23. The highest BCUT2D eigenvalue weighted by Crippen LogP contribution is 2.33. The van der Waals surface area contributed by atoms with Gasteiger partial charge in [-0.3, -0.25) is 9.71 Å². The molecule has 9 heteroatoms. The number of rotatable bonds is 5. The first-order chi connectivity index (χ1) is 13.9. The van der Waals surface area contributed by atoms with Crippen molar-refractivity contribution in [3.8, 4) is 22.6 Å². The molecule has 0 aliphatic carbocycles. The van der Waals surface area contributed by atoms with Crippen LogP contribution < -0.4 is 4.72 Å². The minimum atomic E-state index is -4.08. The van der Waals surface area contributed by atoms with Crippen LogP contribution in [-0.2, 0) is 10.0 Å². The molecule has 0 radical (unpaired) electrons. The minimum Gasteiger partial charge on any atom is -0.445 e. The molecule has 1 N–H and O–H groups in total. The fourth-order valence-corrected chi connectivity index (χ4v) is 4.09. The smallest absolute Gasteiger partial charge is 0.264 e. The number of nitrogens with one attached hydrogen (secondary N) is 1. The van der Waals surface area contributed by atoms with Gasteiger partial charge in [0.2, 0.25) is 5.89 Å². The summed E-state index contributed by atoms with van der Waals surface area (Å²) in [7, 11) is -4.08. The Labute approximate surface area is 171 Å². The van der Waals surface area contributed by atoms with E-state index in [0.29, 0.717) is 10.9 Å². The lowest BCUT2D eigenvalue weighted by Gasteiger charge is -2.10. The number of sulfonamides is 1. The molecule has 4 rings (SSSR count). The predicted octanol–water partition coefficient (Wildman–Crippen LogP) is 5.00. The van der Waals surface area contributed by atoms with E-state index in [1.165, 1.54) is 12.5 Å². The molecule has 0 aliphatic heterocycles. The zero-order valence-corrected chi connectivity index (χ0v) is 16.3. The van der Waals surface area contributed by atoms with Crippen molar-refractivity contribution >= 4 is 27.3 Å². The van der Waals surface area contributed by atoms with Crippen LogP contribution in [0.5, 0.6) is 0 Å². The lowest BCUT2D eigenvalue weighted by atomic mass is 10.0. The molecule has 2 aromatic carbocycles. The van der Waals surface area contributed by atoms with E-state index in [4.69, 9.17) is 16.0 Å². The molecule has 0 aliphatic rings. The third kappa shape index (κ3) is 3.98. The number of anilines is 1. The van der Waals surface area contributed by atoms with Crippen molar-refractivity contribution in [1.82, 2.24) is 9.97 Å². The van der Waals surface area contributed by atoms with Gasteiger partial charge in [0.25, 0.3) is 10.0 Å². The number of oxazole rings is 1. The molecule has 6 nitrogen and oxygen atoms in total. The topological polar surface area (TPSA) is 85.1 Å². The molecule has 0 amide bonds. The summed E-state index contributed by atoms with van der Waals surface area (Å²) in [4.78, 5) is 7.20. The summed E-state index contributed by atoms with van der Waals surface area (Å²) in [6, 6.07) is 13.0. The minimum absolute atomic E-state index is 0.282. The van der Waals surface area contributed by atoms with Crippen LogP contribution in [-0.4, -0.2) is 18.4 Å². The maximum Gasteiger partial charge on any atom is 0.264 e. The second kappa shape index (κ2) is 7.65. The SMILES string of the molecule is O=S(=O)(Nc1ccc(-c2cc(-c3ncco3)ccc2Cl)cc1)c1ccncc1F. The fourth-order valence-electron chi connectivity index (χ4n) is 2.75. The van der Waals surface area contributed by atoms with Gasteiger partial charge < -0.3 is 4.42 Å². The molecule has 0 fully saturated rings. The number of hydrogen-bond acceptors (Lipinski definition) is 5. The van der Waals surface area contributed by atoms with Crippen LogP contribution in [0, 0.1) is 5.82 Å². The molecule has 0 bridgehead atoms. The molecule has 0 saturated carbocycles. The van der Waals surface area contributed by atoms with Crippen LogP contribution in [0.4, 0.5) is 10.1 Å². The van der Waals surface area contributed by atoms with Gasteiger partial charge in [0.15, 0.2) is 5.82 Å². The Balaban J connectivity index is 1.62. The molecule has 29 heavy (non-hydrogen) atoms. The quantitative estimate of drug-likeness (QED) is 0.482. The molecule has 0 unspecified atom stereocenters. The van der Waals surface area contributed by atoms with Gasteiger partial charge in [0.05, 0.1) is 12.4 Å². The first-order valence-electron chi connectivity index (χ1n) is 8.36. The highest BCUT2D eigenvalue weighted by Gasteiger charge is 2.19. The van der Waals surface area contributed by atoms with E-state index in [1.54, 1.807) is 42.6 Å².